The summed E-state index contributed by atoms with van der Waals surface area (Å²) in [5, 5.41) is 12.0. The zero-order valence-corrected chi connectivity index (χ0v) is 21.4. The number of hydrogen-bond donors (Lipinski definition) is 1. The van der Waals surface area contributed by atoms with Crippen LogP contribution in [0.3, 0.4) is 0 Å². The molecule has 2 saturated carbocycles. The highest BCUT2D eigenvalue weighted by atomic mass is 16.3. The second-order valence-corrected chi connectivity index (χ2v) is 11.8. The molecule has 2 fully saturated rings. The van der Waals surface area contributed by atoms with Crippen molar-refractivity contribution in [1.82, 2.24) is 0 Å². The van der Waals surface area contributed by atoms with Gasteiger partial charge in [-0.2, -0.15) is 0 Å². The van der Waals surface area contributed by atoms with Crippen molar-refractivity contribution in [2.45, 2.75) is 77.2 Å². The molecule has 1 aromatic carbocycles. The molecule has 1 aromatic rings. The highest BCUT2D eigenvalue weighted by Gasteiger charge is 2.62. The van der Waals surface area contributed by atoms with Gasteiger partial charge in [-0.3, -0.25) is 4.79 Å². The largest absolute Gasteiger partial charge is 0.378 e. The minimum absolute atomic E-state index is 0.236. The number of rotatable bonds is 2. The lowest BCUT2D eigenvalue weighted by atomic mass is 9.51. The number of ketones is 1. The number of allylic oxidation sites excluding steroid dienone is 4. The Hall–Kier alpha value is -2.31. The molecule has 0 saturated heterocycles. The van der Waals surface area contributed by atoms with E-state index < -0.39 is 5.60 Å². The van der Waals surface area contributed by atoms with Crippen LogP contribution in [0.25, 0.3) is 0 Å². The maximum atomic E-state index is 12.2. The second kappa shape index (κ2) is 8.42. The van der Waals surface area contributed by atoms with Crippen molar-refractivity contribution >= 4 is 11.5 Å². The third kappa shape index (κ3) is 3.66. The van der Waals surface area contributed by atoms with Crippen LogP contribution in [0.5, 0.6) is 0 Å². The minimum Gasteiger partial charge on any atom is -0.378 e. The summed E-state index contributed by atoms with van der Waals surface area (Å²) in [6.45, 7) is 6.52. The van der Waals surface area contributed by atoms with Gasteiger partial charge in [0.05, 0.1) is 0 Å². The average Bonchev–Trinajstić information content (AvgIpc) is 3.07. The monoisotopic (exact) mass is 457 g/mol. The number of carbonyl (C=O) groups excluding carboxylic acids is 1. The Bertz CT molecular complexity index is 1110. The molecule has 5 rings (SSSR count). The molecule has 0 amide bonds. The van der Waals surface area contributed by atoms with Gasteiger partial charge in [-0.15, -0.1) is 0 Å². The van der Waals surface area contributed by atoms with E-state index in [2.05, 4.69) is 75.9 Å². The van der Waals surface area contributed by atoms with Gasteiger partial charge >= 0.3 is 0 Å². The van der Waals surface area contributed by atoms with E-state index in [1.54, 1.807) is 5.57 Å². The van der Waals surface area contributed by atoms with Crippen molar-refractivity contribution in [3.05, 3.63) is 52.6 Å². The lowest BCUT2D eigenvalue weighted by Gasteiger charge is -2.53. The number of benzene rings is 1. The first-order chi connectivity index (χ1) is 16.1. The maximum Gasteiger partial charge on any atom is 0.156 e. The van der Waals surface area contributed by atoms with Gasteiger partial charge in [0.2, 0.25) is 0 Å². The predicted molar refractivity (Wildman–Crippen MR) is 139 cm³/mol. The molecular formula is C31H39NO2. The molecule has 3 nitrogen and oxygen atoms in total. The molecule has 0 aromatic heterocycles. The van der Waals surface area contributed by atoms with Gasteiger partial charge in [-0.05, 0) is 85.3 Å². The Kier molecular flexibility index (Phi) is 5.80. The number of aliphatic hydroxyl groups is 1. The minimum atomic E-state index is -0.932. The van der Waals surface area contributed by atoms with Gasteiger partial charge in [-0.25, -0.2) is 0 Å². The van der Waals surface area contributed by atoms with E-state index in [1.165, 1.54) is 22.4 Å². The molecule has 3 heteroatoms. The molecular weight excluding hydrogens is 418 g/mol. The quantitative estimate of drug-likeness (QED) is 0.550. The summed E-state index contributed by atoms with van der Waals surface area (Å²) >= 11 is 0. The van der Waals surface area contributed by atoms with E-state index in [1.807, 2.05) is 6.08 Å². The highest BCUT2D eigenvalue weighted by molar-refractivity contribution is 5.93. The lowest BCUT2D eigenvalue weighted by molar-refractivity contribution is -0.114. The molecule has 0 heterocycles. The fourth-order valence-corrected chi connectivity index (χ4v) is 7.44. The molecule has 180 valence electrons. The van der Waals surface area contributed by atoms with Crippen LogP contribution >= 0.6 is 0 Å². The standard InChI is InChI=1S/C31H39NO2/c1-20(2)14-16-31(34)17-15-28-26-12-8-22-18-24(33)11-13-25(22)29(26)27(19-30(28,31)3)21-6-9-23(10-7-21)32(4)5/h6-7,9-10,18,20,26-28,34H,8,11-13,15,17,19H2,1-5H3/t26?,27?,28?,30-,31-/m0/s1. The first-order valence-corrected chi connectivity index (χ1v) is 13.1. The Labute approximate surface area is 205 Å². The van der Waals surface area contributed by atoms with E-state index in [9.17, 15) is 9.90 Å². The summed E-state index contributed by atoms with van der Waals surface area (Å²) in [5.74, 6) is 8.40. The Morgan fingerprint density at radius 2 is 1.82 bits per heavy atom. The molecule has 0 spiro atoms. The molecule has 0 radical (unpaired) electrons. The number of nitrogens with zero attached hydrogens (tertiary/aromatic N) is 1. The van der Waals surface area contributed by atoms with E-state index in [-0.39, 0.29) is 23.0 Å². The summed E-state index contributed by atoms with van der Waals surface area (Å²) in [6.07, 6.45) is 8.23. The van der Waals surface area contributed by atoms with Crippen molar-refractivity contribution < 1.29 is 9.90 Å². The van der Waals surface area contributed by atoms with Crippen molar-refractivity contribution in [3.8, 4) is 11.8 Å². The second-order valence-electron chi connectivity index (χ2n) is 11.8. The van der Waals surface area contributed by atoms with Crippen molar-refractivity contribution in [1.29, 1.82) is 0 Å². The third-order valence-electron chi connectivity index (χ3n) is 9.27. The molecule has 4 aliphatic carbocycles. The van der Waals surface area contributed by atoms with Gasteiger partial charge in [0.25, 0.3) is 0 Å². The summed E-state index contributed by atoms with van der Waals surface area (Å²) in [4.78, 5) is 14.4. The fourth-order valence-electron chi connectivity index (χ4n) is 7.44. The normalized spacial score (nSPS) is 34.6. The van der Waals surface area contributed by atoms with Crippen LogP contribution in [0, 0.1) is 35.0 Å². The van der Waals surface area contributed by atoms with Crippen LogP contribution in [-0.4, -0.2) is 30.6 Å². The fraction of sp³-hybridized carbons (Fsp3) is 0.581. The topological polar surface area (TPSA) is 40.5 Å². The zero-order chi connectivity index (χ0) is 24.3. The Balaban J connectivity index is 1.65. The Morgan fingerprint density at radius 3 is 2.50 bits per heavy atom. The van der Waals surface area contributed by atoms with Gasteiger partial charge in [0.1, 0.15) is 5.60 Å². The van der Waals surface area contributed by atoms with E-state index in [0.29, 0.717) is 18.3 Å². The number of carbonyl (C=O) groups is 1. The van der Waals surface area contributed by atoms with Gasteiger partial charge in [0.15, 0.2) is 5.78 Å². The predicted octanol–water partition coefficient (Wildman–Crippen LogP) is 6.04. The summed E-state index contributed by atoms with van der Waals surface area (Å²) in [7, 11) is 4.15. The van der Waals surface area contributed by atoms with Gasteiger partial charge < -0.3 is 10.0 Å². The zero-order valence-electron chi connectivity index (χ0n) is 21.4. The van der Waals surface area contributed by atoms with Crippen LogP contribution in [-0.2, 0) is 4.79 Å². The molecule has 4 aliphatic rings. The van der Waals surface area contributed by atoms with Crippen molar-refractivity contribution in [2.75, 3.05) is 19.0 Å². The van der Waals surface area contributed by atoms with Crippen LogP contribution in [0.15, 0.2) is 47.1 Å². The third-order valence-corrected chi connectivity index (χ3v) is 9.27. The van der Waals surface area contributed by atoms with E-state index >= 15 is 0 Å². The molecule has 0 bridgehead atoms. The summed E-state index contributed by atoms with van der Waals surface area (Å²) in [6, 6.07) is 9.00. The lowest BCUT2D eigenvalue weighted by Crippen LogP contribution is -2.51. The van der Waals surface area contributed by atoms with Crippen LogP contribution in [0.1, 0.15) is 77.2 Å². The van der Waals surface area contributed by atoms with E-state index in [0.717, 1.165) is 38.5 Å². The number of fused-ring (bicyclic) bond motifs is 4. The SMILES string of the molecule is CC(C)C#C[C@]1(O)CCC2C3CCC4=CC(=O)CCC4=C3C(c3ccc(N(C)C)cc3)C[C@@]21C. The summed E-state index contributed by atoms with van der Waals surface area (Å²) < 4.78 is 0. The molecule has 3 unspecified atom stereocenters. The number of hydrogen-bond acceptors (Lipinski definition) is 3. The summed E-state index contributed by atoms with van der Waals surface area (Å²) in [5.41, 5.74) is 5.69. The molecule has 0 aliphatic heterocycles. The maximum absolute atomic E-state index is 12.2. The molecule has 5 atom stereocenters. The Morgan fingerprint density at radius 1 is 1.09 bits per heavy atom. The van der Waals surface area contributed by atoms with Gasteiger partial charge in [0, 0.05) is 43.5 Å². The number of anilines is 1. The first kappa shape index (κ1) is 23.4. The molecule has 1 N–H and O–H groups in total. The average molecular weight is 458 g/mol. The van der Waals surface area contributed by atoms with Crippen LogP contribution in [0.2, 0.25) is 0 Å². The van der Waals surface area contributed by atoms with Crippen LogP contribution in [0.4, 0.5) is 5.69 Å². The van der Waals surface area contributed by atoms with Gasteiger partial charge in [-0.1, -0.05) is 50.3 Å². The first-order valence-electron chi connectivity index (χ1n) is 13.1. The van der Waals surface area contributed by atoms with Crippen LogP contribution < -0.4 is 4.90 Å². The molecule has 34 heavy (non-hydrogen) atoms. The smallest absolute Gasteiger partial charge is 0.156 e. The highest BCUT2D eigenvalue weighted by Crippen LogP contribution is 2.66. The van der Waals surface area contributed by atoms with E-state index in [4.69, 9.17) is 0 Å². The van der Waals surface area contributed by atoms with Crippen molar-refractivity contribution in [2.24, 2.45) is 23.2 Å². The van der Waals surface area contributed by atoms with Crippen molar-refractivity contribution in [3.63, 3.8) is 0 Å².